The molecule has 0 atom stereocenters. The van der Waals surface area contributed by atoms with E-state index in [0.717, 1.165) is 4.47 Å². The van der Waals surface area contributed by atoms with E-state index in [-0.39, 0.29) is 11.7 Å². The fourth-order valence-corrected chi connectivity index (χ4v) is 1.96. The van der Waals surface area contributed by atoms with E-state index >= 15 is 0 Å². The number of hydrogen-bond donors (Lipinski definition) is 2. The Hall–Kier alpha value is -1.08. The first-order valence-electron chi connectivity index (χ1n) is 4.78. The fraction of sp³-hybridized carbons (Fsp3) is 0.300. The van der Waals surface area contributed by atoms with Gasteiger partial charge in [0.15, 0.2) is 0 Å². The van der Waals surface area contributed by atoms with E-state index in [1.54, 1.807) is 12.3 Å². The van der Waals surface area contributed by atoms with Crippen molar-refractivity contribution in [3.05, 3.63) is 28.5 Å². The highest BCUT2D eigenvalue weighted by Gasteiger charge is 2.05. The zero-order chi connectivity index (χ0) is 12.7. The monoisotopic (exact) mass is 318 g/mol. The van der Waals surface area contributed by atoms with Gasteiger partial charge in [0.25, 0.3) is 5.91 Å². The van der Waals surface area contributed by atoms with Crippen molar-refractivity contribution in [1.29, 1.82) is 0 Å². The highest BCUT2D eigenvalue weighted by atomic mass is 79.9. The Morgan fingerprint density at radius 3 is 2.88 bits per heavy atom. The summed E-state index contributed by atoms with van der Waals surface area (Å²) in [7, 11) is 0. The van der Waals surface area contributed by atoms with Gasteiger partial charge in [0.1, 0.15) is 0 Å². The second kappa shape index (κ2) is 7.29. The van der Waals surface area contributed by atoms with Crippen molar-refractivity contribution in [3.8, 4) is 0 Å². The summed E-state index contributed by atoms with van der Waals surface area (Å²) in [5.74, 6) is -0.444. The van der Waals surface area contributed by atoms with Crippen molar-refractivity contribution in [2.45, 2.75) is 0 Å². The molecule has 1 rings (SSSR count). The molecule has 0 unspecified atom stereocenters. The number of carbonyl (C=O) groups is 2. The Morgan fingerprint density at radius 1 is 1.47 bits per heavy atom. The summed E-state index contributed by atoms with van der Waals surface area (Å²) in [5, 5.41) is 11.1. The molecule has 1 aromatic heterocycles. The lowest BCUT2D eigenvalue weighted by Crippen LogP contribution is -2.26. The van der Waals surface area contributed by atoms with Crippen LogP contribution in [0.3, 0.4) is 0 Å². The maximum absolute atomic E-state index is 11.6. The molecule has 92 valence electrons. The average Bonchev–Trinajstić information content (AvgIpc) is 2.28. The molecule has 17 heavy (non-hydrogen) atoms. The standard InChI is InChI=1S/C10H11BrN2O3S/c11-8-3-7(4-12-5-8)10(16)13-1-2-17-6-9(14)15/h3-5H,1-2,6H2,(H,13,16)(H,14,15). The van der Waals surface area contributed by atoms with E-state index in [1.165, 1.54) is 18.0 Å². The Labute approximate surface area is 111 Å². The van der Waals surface area contributed by atoms with E-state index < -0.39 is 5.97 Å². The fourth-order valence-electron chi connectivity index (χ4n) is 1.03. The summed E-state index contributed by atoms with van der Waals surface area (Å²) in [5.41, 5.74) is 0.475. The number of aromatic nitrogens is 1. The van der Waals surface area contributed by atoms with Gasteiger partial charge in [-0.3, -0.25) is 14.6 Å². The van der Waals surface area contributed by atoms with Gasteiger partial charge in [-0.05, 0) is 22.0 Å². The van der Waals surface area contributed by atoms with Crippen LogP contribution in [0.1, 0.15) is 10.4 Å². The Kier molecular flexibility index (Phi) is 5.99. The molecule has 0 radical (unpaired) electrons. The van der Waals surface area contributed by atoms with Crippen LogP contribution in [0.4, 0.5) is 0 Å². The SMILES string of the molecule is O=C(O)CSCCNC(=O)c1cncc(Br)c1. The molecule has 0 saturated heterocycles. The molecule has 5 nitrogen and oxygen atoms in total. The van der Waals surface area contributed by atoms with Crippen molar-refractivity contribution in [2.24, 2.45) is 0 Å². The van der Waals surface area contributed by atoms with Crippen LogP contribution in [0, 0.1) is 0 Å². The molecule has 0 fully saturated rings. The lowest BCUT2D eigenvalue weighted by molar-refractivity contribution is -0.133. The van der Waals surface area contributed by atoms with Gasteiger partial charge in [0, 0.05) is 29.2 Å². The van der Waals surface area contributed by atoms with E-state index in [1.807, 2.05) is 0 Å². The summed E-state index contributed by atoms with van der Waals surface area (Å²) in [6.07, 6.45) is 3.07. The predicted octanol–water partition coefficient (Wildman–Crippen LogP) is 1.39. The largest absolute Gasteiger partial charge is 0.481 e. The predicted molar refractivity (Wildman–Crippen MR) is 69.2 cm³/mol. The highest BCUT2D eigenvalue weighted by molar-refractivity contribution is 9.10. The minimum atomic E-state index is -0.850. The number of amides is 1. The number of pyridine rings is 1. The van der Waals surface area contributed by atoms with Gasteiger partial charge < -0.3 is 10.4 Å². The van der Waals surface area contributed by atoms with E-state index in [9.17, 15) is 9.59 Å². The molecule has 1 aromatic rings. The first-order chi connectivity index (χ1) is 8.09. The van der Waals surface area contributed by atoms with E-state index in [4.69, 9.17) is 5.11 Å². The lowest BCUT2D eigenvalue weighted by Gasteiger charge is -2.04. The summed E-state index contributed by atoms with van der Waals surface area (Å²) >= 11 is 4.49. The molecule has 2 N–H and O–H groups in total. The molecule has 0 aliphatic carbocycles. The third kappa shape index (κ3) is 5.69. The maximum Gasteiger partial charge on any atom is 0.313 e. The summed E-state index contributed by atoms with van der Waals surface area (Å²) in [6.45, 7) is 0.434. The van der Waals surface area contributed by atoms with Gasteiger partial charge in [0.2, 0.25) is 0 Å². The van der Waals surface area contributed by atoms with Crippen LogP contribution in [-0.2, 0) is 4.79 Å². The number of hydrogen-bond acceptors (Lipinski definition) is 4. The first kappa shape index (κ1) is 14.0. The molecule has 0 aliphatic rings. The first-order valence-corrected chi connectivity index (χ1v) is 6.72. The third-order valence-electron chi connectivity index (χ3n) is 1.72. The van der Waals surface area contributed by atoms with Gasteiger partial charge in [0.05, 0.1) is 11.3 Å². The van der Waals surface area contributed by atoms with Crippen LogP contribution >= 0.6 is 27.7 Å². The number of rotatable bonds is 6. The molecule has 0 saturated carbocycles. The molecule has 7 heteroatoms. The number of aliphatic carboxylic acids is 1. The molecular formula is C10H11BrN2O3S. The number of carbonyl (C=O) groups excluding carboxylic acids is 1. The lowest BCUT2D eigenvalue weighted by atomic mass is 10.3. The molecule has 0 spiro atoms. The quantitative estimate of drug-likeness (QED) is 0.775. The number of nitrogens with zero attached hydrogens (tertiary/aromatic N) is 1. The number of nitrogens with one attached hydrogen (secondary N) is 1. The van der Waals surface area contributed by atoms with Crippen LogP contribution in [-0.4, -0.2) is 40.0 Å². The van der Waals surface area contributed by atoms with Gasteiger partial charge in [-0.1, -0.05) is 0 Å². The minimum Gasteiger partial charge on any atom is -0.481 e. The Balaban J connectivity index is 2.28. The molecule has 0 aromatic carbocycles. The van der Waals surface area contributed by atoms with Gasteiger partial charge in [-0.2, -0.15) is 0 Å². The Bertz CT molecular complexity index is 414. The number of carboxylic acids is 1. The van der Waals surface area contributed by atoms with Crippen LogP contribution < -0.4 is 5.32 Å². The molecule has 1 heterocycles. The molecule has 0 aliphatic heterocycles. The number of thioether (sulfide) groups is 1. The highest BCUT2D eigenvalue weighted by Crippen LogP contribution is 2.09. The van der Waals surface area contributed by atoms with Crippen molar-refractivity contribution in [3.63, 3.8) is 0 Å². The number of carboxylic acid groups (broad SMARTS) is 1. The molecular weight excluding hydrogens is 308 g/mol. The van der Waals surface area contributed by atoms with Crippen molar-refractivity contribution in [1.82, 2.24) is 10.3 Å². The normalized spacial score (nSPS) is 9.94. The van der Waals surface area contributed by atoms with E-state index in [0.29, 0.717) is 17.9 Å². The summed E-state index contributed by atoms with van der Waals surface area (Å²) < 4.78 is 0.741. The van der Waals surface area contributed by atoms with Gasteiger partial charge in [-0.15, -0.1) is 11.8 Å². The smallest absolute Gasteiger partial charge is 0.313 e. The zero-order valence-corrected chi connectivity index (χ0v) is 11.3. The van der Waals surface area contributed by atoms with Gasteiger partial charge >= 0.3 is 5.97 Å². The van der Waals surface area contributed by atoms with Crippen molar-refractivity contribution < 1.29 is 14.7 Å². The Morgan fingerprint density at radius 2 is 2.24 bits per heavy atom. The van der Waals surface area contributed by atoms with Crippen LogP contribution in [0.2, 0.25) is 0 Å². The third-order valence-corrected chi connectivity index (χ3v) is 3.10. The summed E-state index contributed by atoms with van der Waals surface area (Å²) in [6, 6.07) is 1.67. The molecule has 0 bridgehead atoms. The second-order valence-electron chi connectivity index (χ2n) is 3.09. The zero-order valence-electron chi connectivity index (χ0n) is 8.85. The van der Waals surface area contributed by atoms with Crippen LogP contribution in [0.5, 0.6) is 0 Å². The van der Waals surface area contributed by atoms with E-state index in [2.05, 4.69) is 26.2 Å². The second-order valence-corrected chi connectivity index (χ2v) is 5.11. The molecule has 1 amide bonds. The minimum absolute atomic E-state index is 0.0499. The topological polar surface area (TPSA) is 79.3 Å². The van der Waals surface area contributed by atoms with Crippen molar-refractivity contribution >= 4 is 39.6 Å². The maximum atomic E-state index is 11.6. The van der Waals surface area contributed by atoms with Gasteiger partial charge in [-0.25, -0.2) is 0 Å². The summed E-state index contributed by atoms with van der Waals surface area (Å²) in [4.78, 5) is 25.7. The van der Waals surface area contributed by atoms with Crippen LogP contribution in [0.15, 0.2) is 22.9 Å². The van der Waals surface area contributed by atoms with Crippen molar-refractivity contribution in [2.75, 3.05) is 18.1 Å². The average molecular weight is 319 g/mol. The van der Waals surface area contributed by atoms with Crippen LogP contribution in [0.25, 0.3) is 0 Å². The number of halogens is 1.